The number of halogens is 4. The van der Waals surface area contributed by atoms with Crippen molar-refractivity contribution in [1.82, 2.24) is 0 Å². The second kappa shape index (κ2) is 4.09. The molecule has 0 heterocycles. The molecule has 0 atom stereocenters. The number of nitrogens with zero attached hydrogens (tertiary/aromatic N) is 1. The van der Waals surface area contributed by atoms with Crippen LogP contribution in [0.25, 0.3) is 0 Å². The molecule has 0 fully saturated rings. The smallest absolute Gasteiger partial charge is 0.409 e. The van der Waals surface area contributed by atoms with Gasteiger partial charge in [-0.25, -0.2) is 0 Å². The highest BCUT2D eigenvalue weighted by atomic mass is 79.9. The van der Waals surface area contributed by atoms with Crippen LogP contribution in [0, 0.1) is 0 Å². The molecule has 0 aliphatic rings. The molecule has 15 heavy (non-hydrogen) atoms. The zero-order valence-electron chi connectivity index (χ0n) is 7.22. The number of hydrogen-bond acceptors (Lipinski definition) is 2. The van der Waals surface area contributed by atoms with Gasteiger partial charge in [-0.15, -0.1) is 0 Å². The molecule has 0 aliphatic heterocycles. The Hall–Kier alpha value is -1.24. The zero-order valence-corrected chi connectivity index (χ0v) is 8.80. The van der Waals surface area contributed by atoms with E-state index in [0.29, 0.717) is 0 Å². The predicted octanol–water partition coefficient (Wildman–Crippen LogP) is 2.56. The molecule has 0 spiro atoms. The Balaban J connectivity index is 3.40. The van der Waals surface area contributed by atoms with E-state index in [-0.39, 0.29) is 10.0 Å². The van der Waals surface area contributed by atoms with Crippen LogP contribution < -0.4 is 5.73 Å². The molecule has 0 saturated heterocycles. The molecule has 3 N–H and O–H groups in total. The van der Waals surface area contributed by atoms with Crippen LogP contribution in [-0.2, 0) is 6.18 Å². The van der Waals surface area contributed by atoms with Crippen molar-refractivity contribution in [3.63, 3.8) is 0 Å². The Labute approximate surface area is 91.5 Å². The summed E-state index contributed by atoms with van der Waals surface area (Å²) in [4.78, 5) is 0. The van der Waals surface area contributed by atoms with E-state index in [2.05, 4.69) is 21.1 Å². The van der Waals surface area contributed by atoms with E-state index in [9.17, 15) is 13.2 Å². The fraction of sp³-hybridized carbons (Fsp3) is 0.125. The second-order valence-electron chi connectivity index (χ2n) is 2.67. The first-order chi connectivity index (χ1) is 6.86. The third kappa shape index (κ3) is 2.62. The van der Waals surface area contributed by atoms with Crippen LogP contribution in [0.2, 0.25) is 0 Å². The molecule has 7 heteroatoms. The number of rotatable bonds is 1. The maximum absolute atomic E-state index is 12.5. The van der Waals surface area contributed by atoms with E-state index in [0.717, 1.165) is 12.1 Å². The Morgan fingerprint density at radius 2 is 2.00 bits per heavy atom. The lowest BCUT2D eigenvalue weighted by Crippen LogP contribution is -2.19. The van der Waals surface area contributed by atoms with Crippen molar-refractivity contribution < 1.29 is 18.4 Å². The summed E-state index contributed by atoms with van der Waals surface area (Å²) in [5.74, 6) is -0.574. The van der Waals surface area contributed by atoms with Crippen molar-refractivity contribution in [3.8, 4) is 0 Å². The van der Waals surface area contributed by atoms with E-state index in [1.165, 1.54) is 6.07 Å². The molecule has 0 aromatic heterocycles. The van der Waals surface area contributed by atoms with Crippen molar-refractivity contribution in [2.75, 3.05) is 0 Å². The van der Waals surface area contributed by atoms with Gasteiger partial charge in [0.15, 0.2) is 5.84 Å². The normalized spacial score (nSPS) is 12.9. The lowest BCUT2D eigenvalue weighted by atomic mass is 10.1. The Kier molecular flexibility index (Phi) is 3.23. The molecular weight excluding hydrogens is 277 g/mol. The van der Waals surface area contributed by atoms with Gasteiger partial charge < -0.3 is 10.9 Å². The van der Waals surface area contributed by atoms with Gasteiger partial charge >= 0.3 is 6.18 Å². The average molecular weight is 283 g/mol. The van der Waals surface area contributed by atoms with E-state index in [1.54, 1.807) is 0 Å². The SMILES string of the molecule is N/C(=N\O)c1ccc(Br)cc1C(F)(F)F. The summed E-state index contributed by atoms with van der Waals surface area (Å²) in [6.45, 7) is 0. The number of benzene rings is 1. The highest BCUT2D eigenvalue weighted by Gasteiger charge is 2.34. The summed E-state index contributed by atoms with van der Waals surface area (Å²) in [6.07, 6.45) is -4.55. The topological polar surface area (TPSA) is 58.6 Å². The van der Waals surface area contributed by atoms with Gasteiger partial charge in [-0.05, 0) is 18.2 Å². The summed E-state index contributed by atoms with van der Waals surface area (Å²) >= 11 is 2.92. The minimum Gasteiger partial charge on any atom is -0.409 e. The Morgan fingerprint density at radius 3 is 2.47 bits per heavy atom. The molecule has 1 rings (SSSR count). The number of oxime groups is 1. The van der Waals surface area contributed by atoms with Crippen LogP contribution >= 0.6 is 15.9 Å². The minimum atomic E-state index is -4.55. The first kappa shape index (κ1) is 11.8. The van der Waals surface area contributed by atoms with Crippen molar-refractivity contribution in [2.24, 2.45) is 10.9 Å². The molecule has 3 nitrogen and oxygen atoms in total. The summed E-state index contributed by atoms with van der Waals surface area (Å²) in [5.41, 5.74) is 3.82. The molecule has 0 radical (unpaired) electrons. The third-order valence-electron chi connectivity index (χ3n) is 1.67. The first-order valence-electron chi connectivity index (χ1n) is 3.71. The van der Waals surface area contributed by atoms with E-state index in [1.807, 2.05) is 0 Å². The van der Waals surface area contributed by atoms with Crippen molar-refractivity contribution in [1.29, 1.82) is 0 Å². The maximum Gasteiger partial charge on any atom is 0.417 e. The second-order valence-corrected chi connectivity index (χ2v) is 3.59. The number of alkyl halides is 3. The summed E-state index contributed by atoms with van der Waals surface area (Å²) < 4.78 is 37.8. The Morgan fingerprint density at radius 1 is 1.40 bits per heavy atom. The highest BCUT2D eigenvalue weighted by molar-refractivity contribution is 9.10. The van der Waals surface area contributed by atoms with Gasteiger partial charge in [0.2, 0.25) is 0 Å². The number of amidine groups is 1. The molecule has 0 amide bonds. The summed E-state index contributed by atoms with van der Waals surface area (Å²) in [5, 5.41) is 10.9. The van der Waals surface area contributed by atoms with Gasteiger partial charge in [0.25, 0.3) is 0 Å². The first-order valence-corrected chi connectivity index (χ1v) is 4.50. The summed E-state index contributed by atoms with van der Waals surface area (Å²) in [7, 11) is 0. The quantitative estimate of drug-likeness (QED) is 0.360. The molecule has 0 saturated carbocycles. The van der Waals surface area contributed by atoms with E-state index in [4.69, 9.17) is 10.9 Å². The van der Waals surface area contributed by atoms with Crippen LogP contribution in [0.3, 0.4) is 0 Å². The third-order valence-corrected chi connectivity index (χ3v) is 2.16. The van der Waals surface area contributed by atoms with E-state index >= 15 is 0 Å². The average Bonchev–Trinajstić information content (AvgIpc) is 2.15. The molecule has 1 aromatic rings. The van der Waals surface area contributed by atoms with Gasteiger partial charge in [0, 0.05) is 10.0 Å². The summed E-state index contributed by atoms with van der Waals surface area (Å²) in [6, 6.07) is 3.37. The molecular formula is C8H6BrF3N2O. The van der Waals surface area contributed by atoms with Crippen molar-refractivity contribution in [2.45, 2.75) is 6.18 Å². The highest BCUT2D eigenvalue weighted by Crippen LogP contribution is 2.33. The van der Waals surface area contributed by atoms with Crippen LogP contribution in [0.4, 0.5) is 13.2 Å². The fourth-order valence-corrected chi connectivity index (χ4v) is 1.39. The maximum atomic E-state index is 12.5. The molecule has 0 unspecified atom stereocenters. The fourth-order valence-electron chi connectivity index (χ4n) is 1.03. The molecule has 1 aromatic carbocycles. The Bertz CT molecular complexity index is 403. The largest absolute Gasteiger partial charge is 0.417 e. The van der Waals surface area contributed by atoms with Gasteiger partial charge in [0.05, 0.1) is 5.56 Å². The van der Waals surface area contributed by atoms with Gasteiger partial charge in [-0.2, -0.15) is 13.2 Å². The zero-order chi connectivity index (χ0) is 11.6. The van der Waals surface area contributed by atoms with Crippen LogP contribution in [0.1, 0.15) is 11.1 Å². The number of hydrogen-bond donors (Lipinski definition) is 2. The predicted molar refractivity (Wildman–Crippen MR) is 51.7 cm³/mol. The lowest BCUT2D eigenvalue weighted by Gasteiger charge is -2.11. The molecule has 0 aliphatic carbocycles. The van der Waals surface area contributed by atoms with Gasteiger partial charge in [-0.1, -0.05) is 21.1 Å². The van der Waals surface area contributed by atoms with E-state index < -0.39 is 17.6 Å². The van der Waals surface area contributed by atoms with Gasteiger partial charge in [0.1, 0.15) is 0 Å². The van der Waals surface area contributed by atoms with Crippen molar-refractivity contribution >= 4 is 21.8 Å². The molecule has 82 valence electrons. The van der Waals surface area contributed by atoms with Crippen LogP contribution in [-0.4, -0.2) is 11.0 Å². The standard InChI is InChI=1S/C8H6BrF3N2O/c9-4-1-2-5(7(13)14-15)6(3-4)8(10,11)12/h1-3,15H,(H2,13,14). The number of nitrogens with two attached hydrogens (primary N) is 1. The van der Waals surface area contributed by atoms with Crippen LogP contribution in [0.15, 0.2) is 27.8 Å². The molecule has 0 bridgehead atoms. The minimum absolute atomic E-state index is 0.268. The van der Waals surface area contributed by atoms with Gasteiger partial charge in [-0.3, -0.25) is 0 Å². The van der Waals surface area contributed by atoms with Crippen LogP contribution in [0.5, 0.6) is 0 Å². The lowest BCUT2D eigenvalue weighted by molar-refractivity contribution is -0.137. The van der Waals surface area contributed by atoms with Crippen molar-refractivity contribution in [3.05, 3.63) is 33.8 Å². The monoisotopic (exact) mass is 282 g/mol.